The number of rotatable bonds is 6. The molecule has 1 aliphatic heterocycles. The Morgan fingerprint density at radius 2 is 1.97 bits per heavy atom. The molecule has 8 nitrogen and oxygen atoms in total. The summed E-state index contributed by atoms with van der Waals surface area (Å²) >= 11 is 1.36. The van der Waals surface area contributed by atoms with E-state index in [1.54, 1.807) is 0 Å². The molecule has 4 fully saturated rings. The van der Waals surface area contributed by atoms with Gasteiger partial charge in [0.05, 0.1) is 0 Å². The number of imide groups is 1. The third-order valence-corrected chi connectivity index (χ3v) is 7.95. The second-order valence-electron chi connectivity index (χ2n) is 9.41. The molecule has 1 spiro atoms. The Morgan fingerprint density at radius 3 is 2.52 bits per heavy atom. The van der Waals surface area contributed by atoms with E-state index in [4.69, 9.17) is 10.5 Å². The number of carbonyl (C=O) groups excluding carboxylic acids is 3. The lowest BCUT2D eigenvalue weighted by molar-refractivity contribution is -0.141. The van der Waals surface area contributed by atoms with Gasteiger partial charge in [-0.2, -0.15) is 0 Å². The summed E-state index contributed by atoms with van der Waals surface area (Å²) in [6, 6.07) is -0.690. The van der Waals surface area contributed by atoms with E-state index in [-0.39, 0.29) is 35.4 Å². The van der Waals surface area contributed by atoms with Crippen LogP contribution in [0.4, 0.5) is 4.79 Å². The molecule has 3 aliphatic carbocycles. The van der Waals surface area contributed by atoms with E-state index < -0.39 is 11.9 Å². The maximum Gasteiger partial charge on any atom is 0.325 e. The highest BCUT2D eigenvalue weighted by Gasteiger charge is 2.58. The Bertz CT molecular complexity index is 879. The number of aromatic nitrogens is 1. The van der Waals surface area contributed by atoms with E-state index in [0.29, 0.717) is 16.7 Å². The Balaban J connectivity index is 1.17. The van der Waals surface area contributed by atoms with Crippen molar-refractivity contribution in [2.24, 2.45) is 17.1 Å². The summed E-state index contributed by atoms with van der Waals surface area (Å²) in [5, 5.41) is 3.75. The van der Waals surface area contributed by atoms with Gasteiger partial charge in [0.2, 0.25) is 5.88 Å². The SMILES string of the molecule is CC(C)C1NC(=O)N([C@H]2CC3(C[C@H](Oc4nc(C5CC5)sc4C(N)=O)C3)C2)C1=O. The van der Waals surface area contributed by atoms with Gasteiger partial charge in [-0.25, -0.2) is 9.78 Å². The molecule has 0 bridgehead atoms. The average Bonchev–Trinajstić information content (AvgIpc) is 3.28. The number of nitrogens with zero attached hydrogens (tertiary/aromatic N) is 2. The van der Waals surface area contributed by atoms with E-state index in [1.807, 2.05) is 13.8 Å². The number of thiazole rings is 1. The molecule has 29 heavy (non-hydrogen) atoms. The predicted octanol–water partition coefficient (Wildman–Crippen LogP) is 2.39. The second-order valence-corrected chi connectivity index (χ2v) is 10.4. The number of nitrogens with one attached hydrogen (secondary N) is 1. The molecule has 1 atom stereocenters. The first-order valence-electron chi connectivity index (χ1n) is 10.4. The largest absolute Gasteiger partial charge is 0.473 e. The normalized spacial score (nSPS) is 33.6. The highest BCUT2D eigenvalue weighted by molar-refractivity contribution is 7.14. The van der Waals surface area contributed by atoms with Crippen LogP contribution in [-0.2, 0) is 4.79 Å². The van der Waals surface area contributed by atoms with Crippen molar-refractivity contribution in [1.82, 2.24) is 15.2 Å². The Hall–Kier alpha value is -2.16. The van der Waals surface area contributed by atoms with Gasteiger partial charge in [0, 0.05) is 12.0 Å². The first-order chi connectivity index (χ1) is 13.8. The lowest BCUT2D eigenvalue weighted by Gasteiger charge is -2.58. The smallest absolute Gasteiger partial charge is 0.325 e. The van der Waals surface area contributed by atoms with Crippen LogP contribution < -0.4 is 15.8 Å². The van der Waals surface area contributed by atoms with Crippen molar-refractivity contribution in [1.29, 1.82) is 0 Å². The first-order valence-corrected chi connectivity index (χ1v) is 11.2. The van der Waals surface area contributed by atoms with Crippen LogP contribution in [0.1, 0.15) is 73.0 Å². The number of hydrogen-bond donors (Lipinski definition) is 2. The molecule has 0 aromatic carbocycles. The number of amides is 4. The van der Waals surface area contributed by atoms with Crippen LogP contribution in [-0.4, -0.2) is 45.9 Å². The van der Waals surface area contributed by atoms with Crippen molar-refractivity contribution in [3.8, 4) is 5.88 Å². The van der Waals surface area contributed by atoms with Crippen LogP contribution in [0.3, 0.4) is 0 Å². The molecule has 1 saturated heterocycles. The zero-order valence-corrected chi connectivity index (χ0v) is 17.5. The van der Waals surface area contributed by atoms with Crippen molar-refractivity contribution < 1.29 is 19.1 Å². The van der Waals surface area contributed by atoms with Crippen molar-refractivity contribution in [3.63, 3.8) is 0 Å². The highest BCUT2D eigenvalue weighted by atomic mass is 32.1. The molecule has 2 heterocycles. The second kappa shape index (κ2) is 6.42. The van der Waals surface area contributed by atoms with Gasteiger partial charge in [0.15, 0.2) is 4.88 Å². The van der Waals surface area contributed by atoms with Gasteiger partial charge in [-0.15, -0.1) is 11.3 Å². The molecule has 9 heteroatoms. The maximum atomic E-state index is 12.5. The monoisotopic (exact) mass is 418 g/mol. The van der Waals surface area contributed by atoms with Gasteiger partial charge in [-0.1, -0.05) is 13.8 Å². The molecule has 4 amide bonds. The summed E-state index contributed by atoms with van der Waals surface area (Å²) in [5.74, 6) is 0.340. The number of hydrogen-bond acceptors (Lipinski definition) is 6. The lowest BCUT2D eigenvalue weighted by atomic mass is 9.52. The molecule has 5 rings (SSSR count). The fraction of sp³-hybridized carbons (Fsp3) is 0.700. The standard InChI is InChI=1S/C20H26N4O4S/c1-9(2)13-18(26)24(19(27)22-13)11-5-20(6-11)7-12(8-20)28-16-14(15(21)25)29-17(23-16)10-3-4-10/h9-13H,3-8H2,1-2H3,(H2,21,25)(H,22,27)/t11-,12-,13?,20?. The topological polar surface area (TPSA) is 115 Å². The Morgan fingerprint density at radius 1 is 1.28 bits per heavy atom. The van der Waals surface area contributed by atoms with E-state index >= 15 is 0 Å². The molecule has 4 aliphatic rings. The Labute approximate surface area is 173 Å². The average molecular weight is 419 g/mol. The van der Waals surface area contributed by atoms with E-state index in [2.05, 4.69) is 10.3 Å². The summed E-state index contributed by atoms with van der Waals surface area (Å²) in [6.07, 6.45) is 5.59. The minimum absolute atomic E-state index is 0.00900. The van der Waals surface area contributed by atoms with Gasteiger partial charge < -0.3 is 15.8 Å². The maximum absolute atomic E-state index is 12.5. The molecule has 156 valence electrons. The molecule has 3 saturated carbocycles. The van der Waals surface area contributed by atoms with Gasteiger partial charge in [-0.05, 0) is 49.9 Å². The fourth-order valence-corrected chi connectivity index (χ4v) is 6.00. The van der Waals surface area contributed by atoms with E-state index in [0.717, 1.165) is 43.5 Å². The number of carbonyl (C=O) groups is 3. The summed E-state index contributed by atoms with van der Waals surface area (Å²) in [5.41, 5.74) is 5.63. The predicted molar refractivity (Wildman–Crippen MR) is 106 cm³/mol. The molecular formula is C20H26N4O4S. The quantitative estimate of drug-likeness (QED) is 0.689. The van der Waals surface area contributed by atoms with Crippen LogP contribution in [0.15, 0.2) is 0 Å². The number of urea groups is 1. The van der Waals surface area contributed by atoms with Crippen molar-refractivity contribution in [3.05, 3.63) is 9.88 Å². The molecule has 0 radical (unpaired) electrons. The zero-order chi connectivity index (χ0) is 20.5. The molecule has 1 aromatic rings. The van der Waals surface area contributed by atoms with Crippen molar-refractivity contribution in [2.75, 3.05) is 0 Å². The fourth-order valence-electron chi connectivity index (χ4n) is 4.98. The third-order valence-electron chi connectivity index (χ3n) is 6.73. The van der Waals surface area contributed by atoms with Crippen LogP contribution in [0.2, 0.25) is 0 Å². The van der Waals surface area contributed by atoms with Crippen LogP contribution in [0, 0.1) is 11.3 Å². The Kier molecular flexibility index (Phi) is 4.17. The van der Waals surface area contributed by atoms with Crippen LogP contribution >= 0.6 is 11.3 Å². The van der Waals surface area contributed by atoms with Crippen LogP contribution in [0.25, 0.3) is 0 Å². The number of nitrogens with two attached hydrogens (primary N) is 1. The molecule has 1 aromatic heterocycles. The molecular weight excluding hydrogens is 392 g/mol. The van der Waals surface area contributed by atoms with Crippen molar-refractivity contribution >= 4 is 29.2 Å². The minimum Gasteiger partial charge on any atom is -0.473 e. The van der Waals surface area contributed by atoms with Crippen molar-refractivity contribution in [2.45, 2.75) is 76.5 Å². The molecule has 3 N–H and O–H groups in total. The van der Waals surface area contributed by atoms with Gasteiger partial charge >= 0.3 is 6.03 Å². The zero-order valence-electron chi connectivity index (χ0n) is 16.6. The minimum atomic E-state index is -0.486. The lowest BCUT2D eigenvalue weighted by Crippen LogP contribution is -2.60. The van der Waals surface area contributed by atoms with Gasteiger partial charge in [0.1, 0.15) is 17.2 Å². The van der Waals surface area contributed by atoms with E-state index in [1.165, 1.54) is 16.2 Å². The van der Waals surface area contributed by atoms with Gasteiger partial charge in [0.25, 0.3) is 11.8 Å². The summed E-state index contributed by atoms with van der Waals surface area (Å²) < 4.78 is 6.02. The summed E-state index contributed by atoms with van der Waals surface area (Å²) in [6.45, 7) is 3.88. The van der Waals surface area contributed by atoms with Gasteiger partial charge in [-0.3, -0.25) is 14.5 Å². The third kappa shape index (κ3) is 3.10. The highest BCUT2D eigenvalue weighted by Crippen LogP contribution is 2.58. The number of ether oxygens (including phenoxy) is 1. The first kappa shape index (κ1) is 18.8. The van der Waals surface area contributed by atoms with Crippen LogP contribution in [0.5, 0.6) is 5.88 Å². The van der Waals surface area contributed by atoms with E-state index in [9.17, 15) is 14.4 Å². The summed E-state index contributed by atoms with van der Waals surface area (Å²) in [7, 11) is 0. The summed E-state index contributed by atoms with van der Waals surface area (Å²) in [4.78, 5) is 42.9. The number of primary amides is 1. The molecule has 1 unspecified atom stereocenters.